The molecule has 2 aromatic carbocycles. The highest BCUT2D eigenvalue weighted by Gasteiger charge is 2.38. The number of ether oxygens (including phenoxy) is 1. The fraction of sp³-hybridized carbons (Fsp3) is 0.200. The van der Waals surface area contributed by atoms with E-state index < -0.39 is 22.4 Å². The van der Waals surface area contributed by atoms with E-state index in [9.17, 15) is 21.6 Å². The molecule has 3 aromatic rings. The molecule has 0 aliphatic carbocycles. The average Bonchev–Trinajstić information content (AvgIpc) is 3.16. The van der Waals surface area contributed by atoms with E-state index in [1.807, 2.05) is 11.4 Å². The number of nitrogens with zero attached hydrogens (tertiary/aromatic N) is 1. The average molecular weight is 474 g/mol. The third-order valence-electron chi connectivity index (χ3n) is 4.77. The summed E-state index contributed by atoms with van der Waals surface area (Å²) in [6, 6.07) is 12.4. The lowest BCUT2D eigenvalue weighted by Gasteiger charge is -2.35. The van der Waals surface area contributed by atoms with E-state index in [-0.39, 0.29) is 17.2 Å². The molecule has 30 heavy (non-hydrogen) atoms. The Morgan fingerprint density at radius 3 is 2.33 bits per heavy atom. The van der Waals surface area contributed by atoms with Crippen LogP contribution in [-0.2, 0) is 16.4 Å². The van der Waals surface area contributed by atoms with E-state index in [1.54, 1.807) is 0 Å². The Balaban J connectivity index is 1.75. The van der Waals surface area contributed by atoms with Gasteiger partial charge < -0.3 is 4.74 Å². The minimum absolute atomic E-state index is 0.104. The van der Waals surface area contributed by atoms with Gasteiger partial charge in [0.25, 0.3) is 0 Å². The Bertz CT molecular complexity index is 1140. The van der Waals surface area contributed by atoms with E-state index in [2.05, 4.69) is 4.74 Å². The van der Waals surface area contributed by atoms with Crippen molar-refractivity contribution in [1.29, 1.82) is 0 Å². The van der Waals surface area contributed by atoms with Gasteiger partial charge in [-0.05, 0) is 65.4 Å². The van der Waals surface area contributed by atoms with Gasteiger partial charge in [-0.25, -0.2) is 8.42 Å². The summed E-state index contributed by atoms with van der Waals surface area (Å²) in [5.41, 5.74) is 1.38. The van der Waals surface area contributed by atoms with Crippen LogP contribution in [0.25, 0.3) is 0 Å². The highest BCUT2D eigenvalue weighted by atomic mass is 35.5. The SMILES string of the molecule is O=S(=O)(c1ccc(Cl)cc1)N1CCc2sccc2C1c1ccc(OC(F)(F)F)cc1. The summed E-state index contributed by atoms with van der Waals surface area (Å²) in [5, 5.41) is 2.31. The number of alkyl halides is 3. The third kappa shape index (κ3) is 4.20. The van der Waals surface area contributed by atoms with Gasteiger partial charge in [-0.3, -0.25) is 0 Å². The molecule has 2 heterocycles. The maximum absolute atomic E-state index is 13.4. The zero-order chi connectivity index (χ0) is 21.5. The molecule has 1 aromatic heterocycles. The minimum atomic E-state index is -4.79. The van der Waals surface area contributed by atoms with Crippen molar-refractivity contribution in [3.63, 3.8) is 0 Å². The van der Waals surface area contributed by atoms with E-state index in [0.29, 0.717) is 17.0 Å². The number of fused-ring (bicyclic) bond motifs is 1. The Morgan fingerprint density at radius 1 is 1.03 bits per heavy atom. The van der Waals surface area contributed by atoms with Gasteiger partial charge >= 0.3 is 6.36 Å². The summed E-state index contributed by atoms with van der Waals surface area (Å²) < 4.78 is 69.5. The highest BCUT2D eigenvalue weighted by Crippen LogP contribution is 2.41. The zero-order valence-electron chi connectivity index (χ0n) is 15.3. The summed E-state index contributed by atoms with van der Waals surface area (Å²) in [6.07, 6.45) is -4.23. The molecule has 0 bridgehead atoms. The van der Waals surface area contributed by atoms with Crippen molar-refractivity contribution in [3.8, 4) is 5.75 Å². The lowest BCUT2D eigenvalue weighted by Crippen LogP contribution is -2.40. The summed E-state index contributed by atoms with van der Waals surface area (Å²) in [7, 11) is -3.87. The molecule has 0 spiro atoms. The first-order chi connectivity index (χ1) is 14.1. The van der Waals surface area contributed by atoms with Crippen LogP contribution in [0.4, 0.5) is 13.2 Å². The molecule has 0 saturated carbocycles. The lowest BCUT2D eigenvalue weighted by atomic mass is 9.95. The van der Waals surface area contributed by atoms with Crippen molar-refractivity contribution >= 4 is 33.0 Å². The molecule has 1 unspecified atom stereocenters. The van der Waals surface area contributed by atoms with E-state index in [0.717, 1.165) is 10.4 Å². The van der Waals surface area contributed by atoms with Crippen LogP contribution in [0.1, 0.15) is 22.0 Å². The molecule has 0 saturated heterocycles. The first kappa shape index (κ1) is 21.2. The van der Waals surface area contributed by atoms with E-state index >= 15 is 0 Å². The van der Waals surface area contributed by atoms with Gasteiger partial charge in [0.1, 0.15) is 5.75 Å². The molecule has 1 atom stereocenters. The molecule has 10 heteroatoms. The summed E-state index contributed by atoms with van der Waals surface area (Å²) in [6.45, 7) is 0.254. The minimum Gasteiger partial charge on any atom is -0.406 e. The molecule has 1 aliphatic rings. The summed E-state index contributed by atoms with van der Waals surface area (Å²) >= 11 is 7.42. The zero-order valence-corrected chi connectivity index (χ0v) is 17.7. The van der Waals surface area contributed by atoms with Gasteiger partial charge in [-0.2, -0.15) is 4.31 Å². The topological polar surface area (TPSA) is 46.6 Å². The van der Waals surface area contributed by atoms with Crippen LogP contribution in [0.15, 0.2) is 64.9 Å². The second-order valence-corrected chi connectivity index (χ2v) is 9.97. The quantitative estimate of drug-likeness (QED) is 0.493. The molecular weight excluding hydrogens is 459 g/mol. The van der Waals surface area contributed by atoms with Crippen molar-refractivity contribution in [2.45, 2.75) is 23.7 Å². The molecule has 4 rings (SSSR count). The highest BCUT2D eigenvalue weighted by molar-refractivity contribution is 7.89. The van der Waals surface area contributed by atoms with Crippen molar-refractivity contribution in [2.75, 3.05) is 6.54 Å². The first-order valence-corrected chi connectivity index (χ1v) is 11.5. The number of thiophene rings is 1. The van der Waals surface area contributed by atoms with Crippen LogP contribution in [0.5, 0.6) is 5.75 Å². The van der Waals surface area contributed by atoms with Crippen molar-refractivity contribution in [2.24, 2.45) is 0 Å². The maximum atomic E-state index is 13.4. The van der Waals surface area contributed by atoms with Gasteiger partial charge in [0.2, 0.25) is 10.0 Å². The van der Waals surface area contributed by atoms with Crippen LogP contribution in [0, 0.1) is 0 Å². The monoisotopic (exact) mass is 473 g/mol. The molecular formula is C20H15ClF3NO3S2. The molecule has 0 fully saturated rings. The Kier molecular flexibility index (Phi) is 5.56. The van der Waals surface area contributed by atoms with Gasteiger partial charge in [-0.1, -0.05) is 23.7 Å². The fourth-order valence-corrected chi connectivity index (χ4v) is 6.12. The second-order valence-electron chi connectivity index (χ2n) is 6.64. The predicted molar refractivity (Wildman–Crippen MR) is 108 cm³/mol. The number of halogens is 4. The molecule has 4 nitrogen and oxygen atoms in total. The predicted octanol–water partition coefficient (Wildman–Crippen LogP) is 5.64. The standard InChI is InChI=1S/C20H15ClF3NO3S2/c21-14-3-7-16(8-4-14)30(26,27)25-11-9-18-17(10-12-29-18)19(25)13-1-5-15(6-2-13)28-20(22,23)24/h1-8,10,12,19H,9,11H2. The largest absolute Gasteiger partial charge is 0.573 e. The number of benzene rings is 2. The maximum Gasteiger partial charge on any atom is 0.573 e. The third-order valence-corrected chi connectivity index (χ3v) is 7.90. The summed E-state index contributed by atoms with van der Waals surface area (Å²) in [4.78, 5) is 1.16. The molecule has 0 amide bonds. The molecule has 1 aliphatic heterocycles. The van der Waals surface area contributed by atoms with Gasteiger partial charge in [-0.15, -0.1) is 24.5 Å². The number of hydrogen-bond donors (Lipinski definition) is 0. The van der Waals surface area contributed by atoms with Crippen LogP contribution in [0.3, 0.4) is 0 Å². The molecule has 158 valence electrons. The second kappa shape index (κ2) is 7.88. The van der Waals surface area contributed by atoms with Crippen LogP contribution < -0.4 is 4.74 Å². The van der Waals surface area contributed by atoms with Crippen LogP contribution >= 0.6 is 22.9 Å². The number of sulfonamides is 1. The Morgan fingerprint density at radius 2 is 1.70 bits per heavy atom. The van der Waals surface area contributed by atoms with Gasteiger partial charge in [0.05, 0.1) is 10.9 Å². The van der Waals surface area contributed by atoms with E-state index in [1.165, 1.54) is 64.2 Å². The van der Waals surface area contributed by atoms with Gasteiger partial charge in [0, 0.05) is 16.4 Å². The van der Waals surface area contributed by atoms with Crippen molar-refractivity contribution in [3.05, 3.63) is 81.0 Å². The van der Waals surface area contributed by atoms with Crippen molar-refractivity contribution < 1.29 is 26.3 Å². The normalized spacial score (nSPS) is 17.5. The Hall–Kier alpha value is -2.07. The molecule has 0 N–H and O–H groups in total. The number of rotatable bonds is 4. The lowest BCUT2D eigenvalue weighted by molar-refractivity contribution is -0.274. The smallest absolute Gasteiger partial charge is 0.406 e. The van der Waals surface area contributed by atoms with Crippen LogP contribution in [0.2, 0.25) is 5.02 Å². The number of hydrogen-bond acceptors (Lipinski definition) is 4. The van der Waals surface area contributed by atoms with Crippen molar-refractivity contribution in [1.82, 2.24) is 4.31 Å². The van der Waals surface area contributed by atoms with E-state index in [4.69, 9.17) is 11.6 Å². The summed E-state index contributed by atoms with van der Waals surface area (Å²) in [5.74, 6) is -0.361. The molecule has 0 radical (unpaired) electrons. The first-order valence-electron chi connectivity index (χ1n) is 8.84. The van der Waals surface area contributed by atoms with Crippen LogP contribution in [-0.4, -0.2) is 25.6 Å². The Labute approximate surface area is 180 Å². The fourth-order valence-electron chi connectivity index (χ4n) is 3.49. The van der Waals surface area contributed by atoms with Gasteiger partial charge in [0.15, 0.2) is 0 Å².